The Morgan fingerprint density at radius 1 is 1.33 bits per heavy atom. The molecular formula is C9H18O3. The van der Waals surface area contributed by atoms with Crippen molar-refractivity contribution in [3.63, 3.8) is 0 Å². The molecule has 72 valence electrons. The summed E-state index contributed by atoms with van der Waals surface area (Å²) in [6, 6.07) is 0. The number of hydrogen-bond donors (Lipinski definition) is 2. The smallest absolute Gasteiger partial charge is 0.0813 e. The van der Waals surface area contributed by atoms with E-state index in [1.165, 1.54) is 0 Å². The Morgan fingerprint density at radius 2 is 2.00 bits per heavy atom. The van der Waals surface area contributed by atoms with E-state index in [0.717, 1.165) is 12.8 Å². The van der Waals surface area contributed by atoms with Crippen LogP contribution in [0.4, 0.5) is 0 Å². The number of rotatable bonds is 1. The van der Waals surface area contributed by atoms with Crippen LogP contribution in [0.3, 0.4) is 0 Å². The number of ether oxygens (including phenoxy) is 1. The van der Waals surface area contributed by atoms with Crippen molar-refractivity contribution in [3.05, 3.63) is 0 Å². The van der Waals surface area contributed by atoms with Gasteiger partial charge >= 0.3 is 0 Å². The minimum atomic E-state index is -0.378. The summed E-state index contributed by atoms with van der Waals surface area (Å²) in [7, 11) is 0. The van der Waals surface area contributed by atoms with Gasteiger partial charge in [0.25, 0.3) is 0 Å². The Labute approximate surface area is 73.4 Å². The van der Waals surface area contributed by atoms with Gasteiger partial charge in [-0.25, -0.2) is 0 Å². The third kappa shape index (κ3) is 2.44. The maximum atomic E-state index is 9.53. The maximum Gasteiger partial charge on any atom is 0.0813 e. The van der Waals surface area contributed by atoms with Crippen LogP contribution in [0.15, 0.2) is 0 Å². The average Bonchev–Trinajstić information content (AvgIpc) is 2.12. The normalized spacial score (nSPS) is 44.0. The lowest BCUT2D eigenvalue weighted by Gasteiger charge is -2.19. The summed E-state index contributed by atoms with van der Waals surface area (Å²) in [5.74, 6) is 0.432. The lowest BCUT2D eigenvalue weighted by molar-refractivity contribution is -0.0706. The van der Waals surface area contributed by atoms with Crippen LogP contribution in [0.5, 0.6) is 0 Å². The second-order valence-electron chi connectivity index (χ2n) is 3.79. The molecule has 1 saturated heterocycles. The van der Waals surface area contributed by atoms with Crippen LogP contribution < -0.4 is 0 Å². The SMILES string of the molecule is CC1CC(CO)O[C@@H](C)[C@H](O)C1. The van der Waals surface area contributed by atoms with Crippen molar-refractivity contribution in [2.75, 3.05) is 6.61 Å². The zero-order chi connectivity index (χ0) is 9.14. The van der Waals surface area contributed by atoms with Crippen molar-refractivity contribution in [1.29, 1.82) is 0 Å². The summed E-state index contributed by atoms with van der Waals surface area (Å²) < 4.78 is 5.44. The van der Waals surface area contributed by atoms with E-state index in [1.807, 2.05) is 6.92 Å². The number of aliphatic hydroxyl groups excluding tert-OH is 2. The van der Waals surface area contributed by atoms with Crippen molar-refractivity contribution in [1.82, 2.24) is 0 Å². The van der Waals surface area contributed by atoms with Crippen LogP contribution in [0.1, 0.15) is 26.7 Å². The summed E-state index contributed by atoms with van der Waals surface area (Å²) >= 11 is 0. The zero-order valence-corrected chi connectivity index (χ0v) is 7.73. The molecule has 12 heavy (non-hydrogen) atoms. The minimum Gasteiger partial charge on any atom is -0.394 e. The van der Waals surface area contributed by atoms with E-state index in [9.17, 15) is 5.11 Å². The first-order valence-electron chi connectivity index (χ1n) is 4.58. The highest BCUT2D eigenvalue weighted by atomic mass is 16.5. The van der Waals surface area contributed by atoms with E-state index < -0.39 is 0 Å². The van der Waals surface area contributed by atoms with Gasteiger partial charge in [-0.1, -0.05) is 6.92 Å². The molecule has 1 fully saturated rings. The summed E-state index contributed by atoms with van der Waals surface area (Å²) in [5.41, 5.74) is 0. The Bertz CT molecular complexity index is 138. The molecule has 0 saturated carbocycles. The highest BCUT2D eigenvalue weighted by Gasteiger charge is 2.27. The largest absolute Gasteiger partial charge is 0.394 e. The average molecular weight is 174 g/mol. The van der Waals surface area contributed by atoms with Gasteiger partial charge in [-0.05, 0) is 25.7 Å². The summed E-state index contributed by atoms with van der Waals surface area (Å²) in [5, 5.41) is 18.5. The lowest BCUT2D eigenvalue weighted by Crippen LogP contribution is -2.28. The Balaban J connectivity index is 2.53. The first-order chi connectivity index (χ1) is 5.63. The van der Waals surface area contributed by atoms with E-state index in [-0.39, 0.29) is 24.9 Å². The summed E-state index contributed by atoms with van der Waals surface area (Å²) in [6.07, 6.45) is 1.01. The first-order valence-corrected chi connectivity index (χ1v) is 4.58. The molecule has 0 bridgehead atoms. The van der Waals surface area contributed by atoms with E-state index >= 15 is 0 Å². The van der Waals surface area contributed by atoms with Crippen LogP contribution in [0, 0.1) is 5.92 Å². The van der Waals surface area contributed by atoms with Gasteiger partial charge in [-0.2, -0.15) is 0 Å². The molecule has 3 heteroatoms. The zero-order valence-electron chi connectivity index (χ0n) is 7.73. The van der Waals surface area contributed by atoms with Crippen molar-refractivity contribution < 1.29 is 14.9 Å². The monoisotopic (exact) mass is 174 g/mol. The summed E-state index contributed by atoms with van der Waals surface area (Å²) in [4.78, 5) is 0. The van der Waals surface area contributed by atoms with E-state index in [2.05, 4.69) is 6.92 Å². The van der Waals surface area contributed by atoms with Crippen molar-refractivity contribution in [2.45, 2.75) is 45.0 Å². The molecule has 0 amide bonds. The Kier molecular flexibility index (Phi) is 3.50. The van der Waals surface area contributed by atoms with Crippen LogP contribution in [-0.2, 0) is 4.74 Å². The highest BCUT2D eigenvalue weighted by molar-refractivity contribution is 4.76. The highest BCUT2D eigenvalue weighted by Crippen LogP contribution is 2.23. The van der Waals surface area contributed by atoms with Crippen molar-refractivity contribution in [3.8, 4) is 0 Å². The van der Waals surface area contributed by atoms with Gasteiger partial charge in [0.2, 0.25) is 0 Å². The fourth-order valence-corrected chi connectivity index (χ4v) is 1.72. The number of hydrogen-bond acceptors (Lipinski definition) is 3. The van der Waals surface area contributed by atoms with Crippen molar-refractivity contribution in [2.24, 2.45) is 5.92 Å². The maximum absolute atomic E-state index is 9.53. The molecule has 3 nitrogen and oxygen atoms in total. The molecule has 0 aliphatic carbocycles. The van der Waals surface area contributed by atoms with Gasteiger partial charge < -0.3 is 14.9 Å². The minimum absolute atomic E-state index is 0.0569. The first kappa shape index (κ1) is 9.96. The molecule has 0 aromatic heterocycles. The molecule has 2 N–H and O–H groups in total. The molecular weight excluding hydrogens is 156 g/mol. The van der Waals surface area contributed by atoms with Gasteiger partial charge in [0, 0.05) is 0 Å². The van der Waals surface area contributed by atoms with Gasteiger partial charge in [0.15, 0.2) is 0 Å². The second kappa shape index (κ2) is 4.21. The second-order valence-corrected chi connectivity index (χ2v) is 3.79. The fraction of sp³-hybridized carbons (Fsp3) is 1.00. The molecule has 1 heterocycles. The van der Waals surface area contributed by atoms with Gasteiger partial charge in [0.1, 0.15) is 0 Å². The van der Waals surface area contributed by atoms with Crippen LogP contribution in [0.25, 0.3) is 0 Å². The lowest BCUT2D eigenvalue weighted by atomic mass is 9.97. The van der Waals surface area contributed by atoms with Gasteiger partial charge in [-0.15, -0.1) is 0 Å². The van der Waals surface area contributed by atoms with Crippen LogP contribution >= 0.6 is 0 Å². The molecule has 4 atom stereocenters. The molecule has 0 aromatic carbocycles. The van der Waals surface area contributed by atoms with Gasteiger partial charge in [-0.3, -0.25) is 0 Å². The Morgan fingerprint density at radius 3 is 2.58 bits per heavy atom. The third-order valence-electron chi connectivity index (χ3n) is 2.46. The van der Waals surface area contributed by atoms with E-state index in [1.54, 1.807) is 0 Å². The molecule has 1 aliphatic heterocycles. The molecule has 1 aliphatic rings. The van der Waals surface area contributed by atoms with Gasteiger partial charge in [0.05, 0.1) is 24.9 Å². The third-order valence-corrected chi connectivity index (χ3v) is 2.46. The summed E-state index contributed by atoms with van der Waals surface area (Å²) in [6.45, 7) is 3.99. The van der Waals surface area contributed by atoms with Crippen molar-refractivity contribution >= 4 is 0 Å². The molecule has 1 rings (SSSR count). The topological polar surface area (TPSA) is 49.7 Å². The molecule has 0 spiro atoms. The van der Waals surface area contributed by atoms with Crippen LogP contribution in [0.2, 0.25) is 0 Å². The number of aliphatic hydroxyl groups is 2. The molecule has 2 unspecified atom stereocenters. The molecule has 0 radical (unpaired) electrons. The molecule has 0 aromatic rings. The standard InChI is InChI=1S/C9H18O3/c1-6-3-8(5-10)12-7(2)9(11)4-6/h6-11H,3-5H2,1-2H3/t6?,7-,8?,9+/m0/s1. The van der Waals surface area contributed by atoms with Crippen LogP contribution in [-0.4, -0.2) is 35.1 Å². The fourth-order valence-electron chi connectivity index (χ4n) is 1.72. The Hall–Kier alpha value is -0.120. The quantitative estimate of drug-likeness (QED) is 0.610. The van der Waals surface area contributed by atoms with E-state index in [4.69, 9.17) is 9.84 Å². The van der Waals surface area contributed by atoms with E-state index in [0.29, 0.717) is 5.92 Å². The predicted octanol–water partition coefficient (Wildman–Crippen LogP) is 0.543. The predicted molar refractivity (Wildman–Crippen MR) is 45.8 cm³/mol.